The van der Waals surface area contributed by atoms with Crippen LogP contribution in [0.1, 0.15) is 20.3 Å². The number of hydrogen-bond donors (Lipinski definition) is 1. The van der Waals surface area contributed by atoms with E-state index in [1.54, 1.807) is 0 Å². The molecule has 0 atom stereocenters. The van der Waals surface area contributed by atoms with E-state index in [-0.39, 0.29) is 22.8 Å². The van der Waals surface area contributed by atoms with Gasteiger partial charge < -0.3 is 5.11 Å². The molecule has 0 radical (unpaired) electrons. The molecule has 0 amide bonds. The van der Waals surface area contributed by atoms with Gasteiger partial charge in [-0.15, -0.1) is 0 Å². The number of halogens is 1. The summed E-state index contributed by atoms with van der Waals surface area (Å²) in [5.41, 5.74) is -1.53. The van der Waals surface area contributed by atoms with E-state index in [1.165, 1.54) is 38.1 Å². The van der Waals surface area contributed by atoms with Gasteiger partial charge in [0.15, 0.2) is 9.84 Å². The summed E-state index contributed by atoms with van der Waals surface area (Å²) < 4.78 is 36.8. The number of aromatic hydroxyl groups is 1. The van der Waals surface area contributed by atoms with Crippen LogP contribution in [0, 0.1) is 0 Å². The lowest BCUT2D eigenvalue weighted by atomic mass is 10.1. The average Bonchev–Trinajstić information content (AvgIpc) is 2.14. The topological polar surface area (TPSA) is 54.4 Å². The van der Waals surface area contributed by atoms with E-state index >= 15 is 0 Å². The van der Waals surface area contributed by atoms with E-state index in [4.69, 9.17) is 0 Å². The normalized spacial score (nSPS) is 12.7. The van der Waals surface area contributed by atoms with Crippen molar-refractivity contribution in [3.8, 4) is 5.75 Å². The molecule has 0 bridgehead atoms. The molecule has 0 aliphatic carbocycles. The van der Waals surface area contributed by atoms with E-state index in [1.807, 2.05) is 0 Å². The fourth-order valence-electron chi connectivity index (χ4n) is 1.21. The summed E-state index contributed by atoms with van der Waals surface area (Å²) in [5.74, 6) is -0.604. The molecule has 0 saturated heterocycles. The Labute approximate surface area is 94.8 Å². The van der Waals surface area contributed by atoms with Gasteiger partial charge >= 0.3 is 0 Å². The van der Waals surface area contributed by atoms with Crippen molar-refractivity contribution < 1.29 is 17.9 Å². The predicted octanol–water partition coefficient (Wildman–Crippen LogP) is 2.30. The highest BCUT2D eigenvalue weighted by Gasteiger charge is 2.23. The van der Waals surface area contributed by atoms with Crippen LogP contribution in [0.5, 0.6) is 5.75 Å². The molecule has 16 heavy (non-hydrogen) atoms. The van der Waals surface area contributed by atoms with Crippen molar-refractivity contribution >= 4 is 9.84 Å². The molecule has 0 aliphatic rings. The lowest BCUT2D eigenvalue weighted by molar-refractivity contribution is 0.211. The first-order chi connectivity index (χ1) is 7.22. The smallest absolute Gasteiger partial charge is 0.182 e. The second kappa shape index (κ2) is 4.41. The first-order valence-electron chi connectivity index (χ1n) is 4.92. The largest absolute Gasteiger partial charge is 0.507 e. The summed E-state index contributed by atoms with van der Waals surface area (Å²) in [4.78, 5) is -0.140. The maximum absolute atomic E-state index is 13.2. The Kier molecular flexibility index (Phi) is 3.57. The number of phenolic OH excluding ortho intramolecular Hbond substituents is 1. The monoisotopic (exact) mass is 246 g/mol. The Hall–Kier alpha value is -1.10. The summed E-state index contributed by atoms with van der Waals surface area (Å²) >= 11 is 0. The fourth-order valence-corrected chi connectivity index (χ4v) is 2.85. The van der Waals surface area contributed by atoms with Gasteiger partial charge in [0.25, 0.3) is 0 Å². The van der Waals surface area contributed by atoms with Crippen LogP contribution >= 0.6 is 0 Å². The van der Waals surface area contributed by atoms with Crippen molar-refractivity contribution in [3.05, 3.63) is 24.3 Å². The number of rotatable bonds is 4. The van der Waals surface area contributed by atoms with Crippen LogP contribution < -0.4 is 0 Å². The first kappa shape index (κ1) is 13.0. The molecule has 0 spiro atoms. The van der Waals surface area contributed by atoms with Gasteiger partial charge in [0.1, 0.15) is 16.3 Å². The third-order valence-electron chi connectivity index (χ3n) is 2.17. The van der Waals surface area contributed by atoms with Crippen LogP contribution in [0.3, 0.4) is 0 Å². The van der Waals surface area contributed by atoms with Gasteiger partial charge in [-0.3, -0.25) is 0 Å². The van der Waals surface area contributed by atoms with Crippen LogP contribution in [0.2, 0.25) is 0 Å². The molecule has 1 rings (SSSR count). The molecule has 90 valence electrons. The predicted molar refractivity (Wildman–Crippen MR) is 60.0 cm³/mol. The molecule has 0 heterocycles. The Bertz CT molecular complexity index is 460. The number of sulfone groups is 1. The minimum atomic E-state index is -3.61. The lowest BCUT2D eigenvalue weighted by Gasteiger charge is -2.14. The summed E-state index contributed by atoms with van der Waals surface area (Å²) in [6, 6.07) is 5.67. The minimum absolute atomic E-state index is 0.0936. The molecule has 0 saturated carbocycles. The quantitative estimate of drug-likeness (QED) is 0.887. The van der Waals surface area contributed by atoms with Crippen LogP contribution in [0.4, 0.5) is 4.39 Å². The summed E-state index contributed by atoms with van der Waals surface area (Å²) in [6.45, 7) is 2.65. The van der Waals surface area contributed by atoms with Gasteiger partial charge in [0, 0.05) is 0 Å². The second-order valence-electron chi connectivity index (χ2n) is 4.26. The number of hydrogen-bond acceptors (Lipinski definition) is 3. The zero-order valence-electron chi connectivity index (χ0n) is 9.27. The van der Waals surface area contributed by atoms with Gasteiger partial charge in [-0.2, -0.15) is 0 Å². The van der Waals surface area contributed by atoms with Crippen LogP contribution in [-0.2, 0) is 9.84 Å². The summed E-state index contributed by atoms with van der Waals surface area (Å²) in [6.07, 6.45) is -0.0936. The second-order valence-corrected chi connectivity index (χ2v) is 6.33. The lowest BCUT2D eigenvalue weighted by Crippen LogP contribution is -2.18. The van der Waals surface area contributed by atoms with E-state index in [0.717, 1.165) is 0 Å². The highest BCUT2D eigenvalue weighted by Crippen LogP contribution is 2.25. The number of phenols is 1. The maximum atomic E-state index is 13.2. The Morgan fingerprint density at radius 3 is 2.38 bits per heavy atom. The van der Waals surface area contributed by atoms with E-state index in [2.05, 4.69) is 0 Å². The Morgan fingerprint density at radius 2 is 1.88 bits per heavy atom. The number of alkyl halides is 1. The molecule has 0 fully saturated rings. The zero-order chi connectivity index (χ0) is 12.4. The molecule has 3 nitrogen and oxygen atoms in total. The highest BCUT2D eigenvalue weighted by atomic mass is 32.2. The fraction of sp³-hybridized carbons (Fsp3) is 0.455. The number of para-hydroxylation sites is 1. The highest BCUT2D eigenvalue weighted by molar-refractivity contribution is 7.91. The van der Waals surface area contributed by atoms with Gasteiger partial charge in [0.05, 0.1) is 5.75 Å². The average molecular weight is 246 g/mol. The number of benzene rings is 1. The van der Waals surface area contributed by atoms with Crippen molar-refractivity contribution in [2.45, 2.75) is 30.8 Å². The molecule has 0 aromatic heterocycles. The van der Waals surface area contributed by atoms with Crippen LogP contribution in [-0.4, -0.2) is 24.9 Å². The van der Waals surface area contributed by atoms with Crippen LogP contribution in [0.15, 0.2) is 29.2 Å². The van der Waals surface area contributed by atoms with Gasteiger partial charge in [-0.1, -0.05) is 12.1 Å². The molecule has 1 N–H and O–H groups in total. The molecular formula is C11H15FO3S. The Morgan fingerprint density at radius 1 is 1.31 bits per heavy atom. The molecule has 1 aromatic carbocycles. The third-order valence-corrected chi connectivity index (χ3v) is 3.92. The minimum Gasteiger partial charge on any atom is -0.507 e. The Balaban J connectivity index is 2.92. The van der Waals surface area contributed by atoms with Gasteiger partial charge in [-0.05, 0) is 32.4 Å². The van der Waals surface area contributed by atoms with Crippen molar-refractivity contribution in [2.75, 3.05) is 5.75 Å². The van der Waals surface area contributed by atoms with Crippen molar-refractivity contribution in [1.29, 1.82) is 0 Å². The molecule has 0 unspecified atom stereocenters. The van der Waals surface area contributed by atoms with E-state index in [9.17, 15) is 17.9 Å². The van der Waals surface area contributed by atoms with Crippen molar-refractivity contribution in [1.82, 2.24) is 0 Å². The molecule has 0 aliphatic heterocycles. The maximum Gasteiger partial charge on any atom is 0.182 e. The molecule has 5 heteroatoms. The van der Waals surface area contributed by atoms with Crippen molar-refractivity contribution in [2.24, 2.45) is 0 Å². The molecular weight excluding hydrogens is 231 g/mol. The SMILES string of the molecule is CC(C)(F)CCS(=O)(=O)c1ccccc1O. The summed E-state index contributed by atoms with van der Waals surface area (Å²) in [5, 5.41) is 9.40. The van der Waals surface area contributed by atoms with Gasteiger partial charge in [0.2, 0.25) is 0 Å². The standard InChI is InChI=1S/C11H15FO3S/c1-11(2,12)7-8-16(14,15)10-6-4-3-5-9(10)13/h3-6,13H,7-8H2,1-2H3. The third kappa shape index (κ3) is 3.48. The van der Waals surface area contributed by atoms with E-state index < -0.39 is 15.5 Å². The zero-order valence-corrected chi connectivity index (χ0v) is 10.1. The van der Waals surface area contributed by atoms with Crippen LogP contribution in [0.25, 0.3) is 0 Å². The van der Waals surface area contributed by atoms with E-state index in [0.29, 0.717) is 0 Å². The summed E-state index contributed by atoms with van der Waals surface area (Å²) in [7, 11) is -3.61. The van der Waals surface area contributed by atoms with Crippen molar-refractivity contribution in [3.63, 3.8) is 0 Å². The first-order valence-corrected chi connectivity index (χ1v) is 6.57. The van der Waals surface area contributed by atoms with Gasteiger partial charge in [-0.25, -0.2) is 12.8 Å². The molecule has 1 aromatic rings.